The summed E-state index contributed by atoms with van der Waals surface area (Å²) in [7, 11) is 0. The van der Waals surface area contributed by atoms with E-state index in [1.165, 1.54) is 0 Å². The first-order chi connectivity index (χ1) is 10.8. The van der Waals surface area contributed by atoms with Gasteiger partial charge < -0.3 is 5.32 Å². The van der Waals surface area contributed by atoms with Crippen molar-refractivity contribution in [3.05, 3.63) is 77.9 Å². The van der Waals surface area contributed by atoms with E-state index < -0.39 is 0 Å². The summed E-state index contributed by atoms with van der Waals surface area (Å²) < 4.78 is 0. The Morgan fingerprint density at radius 1 is 0.955 bits per heavy atom. The summed E-state index contributed by atoms with van der Waals surface area (Å²) in [4.78, 5) is 12.2. The molecule has 3 aromatic carbocycles. The number of benzene rings is 3. The molecule has 1 N–H and O–H groups in total. The number of nitrogens with zero attached hydrogens (tertiary/aromatic N) is 1. The molecule has 0 aliphatic rings. The second-order valence-electron chi connectivity index (χ2n) is 5.05. The van der Waals surface area contributed by atoms with Crippen LogP contribution in [0.2, 0.25) is 0 Å². The van der Waals surface area contributed by atoms with E-state index in [2.05, 4.69) is 11.4 Å². The Morgan fingerprint density at radius 2 is 1.68 bits per heavy atom. The molecule has 0 bridgehead atoms. The Balaban J connectivity index is 1.77. The summed E-state index contributed by atoms with van der Waals surface area (Å²) >= 11 is 0. The van der Waals surface area contributed by atoms with Crippen molar-refractivity contribution >= 4 is 22.4 Å². The highest BCUT2D eigenvalue weighted by molar-refractivity contribution is 5.96. The van der Waals surface area contributed by atoms with Crippen LogP contribution in [0.15, 0.2) is 66.7 Å². The second-order valence-corrected chi connectivity index (χ2v) is 5.05. The van der Waals surface area contributed by atoms with E-state index in [-0.39, 0.29) is 5.91 Å². The third kappa shape index (κ3) is 2.97. The third-order valence-electron chi connectivity index (χ3n) is 3.53. The molecule has 0 aromatic heterocycles. The van der Waals surface area contributed by atoms with E-state index >= 15 is 0 Å². The molecule has 0 aliphatic heterocycles. The predicted octanol–water partition coefficient (Wildman–Crippen LogP) is 3.89. The molecule has 3 rings (SSSR count). The van der Waals surface area contributed by atoms with Crippen molar-refractivity contribution in [2.75, 3.05) is 5.32 Å². The largest absolute Gasteiger partial charge is 0.326 e. The average molecular weight is 286 g/mol. The Labute approximate surface area is 128 Å². The maximum atomic E-state index is 12.2. The van der Waals surface area contributed by atoms with Crippen LogP contribution >= 0.6 is 0 Å². The molecule has 0 fully saturated rings. The molecule has 3 nitrogen and oxygen atoms in total. The first kappa shape index (κ1) is 13.8. The molecule has 0 unspecified atom stereocenters. The van der Waals surface area contributed by atoms with Crippen molar-refractivity contribution in [3.63, 3.8) is 0 Å². The van der Waals surface area contributed by atoms with Crippen LogP contribution in [0.4, 0.5) is 5.69 Å². The number of hydrogen-bond donors (Lipinski definition) is 1. The molecule has 0 radical (unpaired) electrons. The fraction of sp³-hybridized carbons (Fsp3) is 0.0526. The van der Waals surface area contributed by atoms with Crippen LogP contribution in [0, 0.1) is 11.3 Å². The average Bonchev–Trinajstić information content (AvgIpc) is 2.56. The molecule has 22 heavy (non-hydrogen) atoms. The van der Waals surface area contributed by atoms with E-state index in [4.69, 9.17) is 5.26 Å². The number of nitrogens with one attached hydrogen (secondary N) is 1. The van der Waals surface area contributed by atoms with Gasteiger partial charge in [0.25, 0.3) is 0 Å². The van der Waals surface area contributed by atoms with Gasteiger partial charge in [-0.25, -0.2) is 0 Å². The summed E-state index contributed by atoms with van der Waals surface area (Å²) in [6, 6.07) is 22.9. The first-order valence-corrected chi connectivity index (χ1v) is 7.03. The van der Waals surface area contributed by atoms with Crippen molar-refractivity contribution < 1.29 is 4.79 Å². The van der Waals surface area contributed by atoms with Crippen molar-refractivity contribution in [1.82, 2.24) is 0 Å². The van der Waals surface area contributed by atoms with Gasteiger partial charge in [0.2, 0.25) is 5.91 Å². The third-order valence-corrected chi connectivity index (χ3v) is 3.53. The van der Waals surface area contributed by atoms with Gasteiger partial charge in [0.15, 0.2) is 0 Å². The summed E-state index contributed by atoms with van der Waals surface area (Å²) in [5.41, 5.74) is 2.28. The smallest absolute Gasteiger partial charge is 0.228 e. The molecule has 0 atom stereocenters. The van der Waals surface area contributed by atoms with Crippen LogP contribution in [0.5, 0.6) is 0 Å². The van der Waals surface area contributed by atoms with E-state index in [1.807, 2.05) is 42.5 Å². The van der Waals surface area contributed by atoms with Crippen LogP contribution in [0.25, 0.3) is 10.8 Å². The van der Waals surface area contributed by atoms with Gasteiger partial charge in [-0.1, -0.05) is 42.5 Å². The van der Waals surface area contributed by atoms with Gasteiger partial charge in [0.1, 0.15) is 0 Å². The van der Waals surface area contributed by atoms with E-state index in [0.717, 1.165) is 16.3 Å². The number of carbonyl (C=O) groups is 1. The number of amides is 1. The fourth-order valence-corrected chi connectivity index (χ4v) is 2.45. The first-order valence-electron chi connectivity index (χ1n) is 7.03. The lowest BCUT2D eigenvalue weighted by Crippen LogP contribution is -2.14. The van der Waals surface area contributed by atoms with E-state index in [9.17, 15) is 4.79 Å². The zero-order valence-electron chi connectivity index (χ0n) is 11.9. The monoisotopic (exact) mass is 286 g/mol. The van der Waals surface area contributed by atoms with E-state index in [1.54, 1.807) is 24.3 Å². The van der Waals surface area contributed by atoms with Crippen LogP contribution in [0.1, 0.15) is 11.1 Å². The van der Waals surface area contributed by atoms with Crippen LogP contribution < -0.4 is 5.32 Å². The second kappa shape index (κ2) is 6.11. The van der Waals surface area contributed by atoms with Gasteiger partial charge >= 0.3 is 0 Å². The Morgan fingerprint density at radius 3 is 2.45 bits per heavy atom. The normalized spacial score (nSPS) is 10.1. The van der Waals surface area contributed by atoms with Crippen LogP contribution in [-0.2, 0) is 11.2 Å². The number of nitriles is 1. The minimum absolute atomic E-state index is 0.0685. The number of hydrogen-bond acceptors (Lipinski definition) is 2. The number of fused-ring (bicyclic) bond motifs is 1. The lowest BCUT2D eigenvalue weighted by molar-refractivity contribution is -0.115. The highest BCUT2D eigenvalue weighted by atomic mass is 16.1. The standard InChI is InChI=1S/C19H14N2O/c20-13-14-8-10-17(11-9-14)21-19(22)12-16-6-3-5-15-4-1-2-7-18(15)16/h1-11H,12H2,(H,21,22). The molecule has 0 saturated heterocycles. The van der Waals surface area contributed by atoms with Crippen LogP contribution in [0.3, 0.4) is 0 Å². The maximum absolute atomic E-state index is 12.2. The maximum Gasteiger partial charge on any atom is 0.228 e. The zero-order valence-corrected chi connectivity index (χ0v) is 11.9. The molecular weight excluding hydrogens is 272 g/mol. The molecule has 0 saturated carbocycles. The SMILES string of the molecule is N#Cc1ccc(NC(=O)Cc2cccc3ccccc23)cc1. The van der Waals surface area contributed by atoms with Crippen molar-refractivity contribution in [2.45, 2.75) is 6.42 Å². The predicted molar refractivity (Wildman–Crippen MR) is 87.4 cm³/mol. The van der Waals surface area contributed by atoms with Gasteiger partial charge in [-0.05, 0) is 40.6 Å². The van der Waals surface area contributed by atoms with Gasteiger partial charge in [0.05, 0.1) is 18.1 Å². The molecule has 0 heterocycles. The fourth-order valence-electron chi connectivity index (χ4n) is 2.45. The molecule has 1 amide bonds. The van der Waals surface area contributed by atoms with E-state index in [0.29, 0.717) is 17.7 Å². The molecule has 0 aliphatic carbocycles. The lowest BCUT2D eigenvalue weighted by atomic mass is 10.0. The minimum Gasteiger partial charge on any atom is -0.326 e. The zero-order chi connectivity index (χ0) is 15.4. The van der Waals surface area contributed by atoms with Gasteiger partial charge in [0, 0.05) is 5.69 Å². The molecule has 0 spiro atoms. The van der Waals surface area contributed by atoms with Crippen molar-refractivity contribution in [2.24, 2.45) is 0 Å². The lowest BCUT2D eigenvalue weighted by Gasteiger charge is -2.08. The number of anilines is 1. The highest BCUT2D eigenvalue weighted by Crippen LogP contribution is 2.19. The number of carbonyl (C=O) groups excluding carboxylic acids is 1. The Kier molecular flexibility index (Phi) is 3.84. The number of rotatable bonds is 3. The highest BCUT2D eigenvalue weighted by Gasteiger charge is 2.07. The molecule has 106 valence electrons. The quantitative estimate of drug-likeness (QED) is 0.794. The minimum atomic E-state index is -0.0685. The summed E-state index contributed by atoms with van der Waals surface area (Å²) in [6.45, 7) is 0. The summed E-state index contributed by atoms with van der Waals surface area (Å²) in [5, 5.41) is 13.9. The van der Waals surface area contributed by atoms with Crippen molar-refractivity contribution in [1.29, 1.82) is 5.26 Å². The van der Waals surface area contributed by atoms with Gasteiger partial charge in [-0.3, -0.25) is 4.79 Å². The molecule has 3 aromatic rings. The Hall–Kier alpha value is -3.12. The summed E-state index contributed by atoms with van der Waals surface area (Å²) in [6.07, 6.45) is 0.321. The molecule has 3 heteroatoms. The van der Waals surface area contributed by atoms with Crippen molar-refractivity contribution in [3.8, 4) is 6.07 Å². The van der Waals surface area contributed by atoms with Gasteiger partial charge in [-0.2, -0.15) is 5.26 Å². The topological polar surface area (TPSA) is 52.9 Å². The van der Waals surface area contributed by atoms with Gasteiger partial charge in [-0.15, -0.1) is 0 Å². The molecular formula is C19H14N2O. The summed E-state index contributed by atoms with van der Waals surface area (Å²) in [5.74, 6) is -0.0685. The van der Waals surface area contributed by atoms with Crippen LogP contribution in [-0.4, -0.2) is 5.91 Å². The Bertz CT molecular complexity index is 855.